The SMILES string of the molecule is CC(C)CCCC1=CN=NC1CCC(C)C. The Hall–Kier alpha value is -0.660. The van der Waals surface area contributed by atoms with Gasteiger partial charge in [0.05, 0.1) is 12.2 Å². The largest absolute Gasteiger partial charge is 0.181 e. The highest BCUT2D eigenvalue weighted by Crippen LogP contribution is 2.26. The maximum Gasteiger partial charge on any atom is 0.0940 e. The lowest BCUT2D eigenvalue weighted by Crippen LogP contribution is -2.07. The molecule has 16 heavy (non-hydrogen) atoms. The standard InChI is InChI=1S/C14H26N2/c1-11(2)6-5-7-13-10-15-16-14(13)9-8-12(3)4/h10-12,14H,5-9H2,1-4H3. The molecule has 1 aliphatic heterocycles. The van der Waals surface area contributed by atoms with Crippen LogP contribution in [0.1, 0.15) is 59.8 Å². The fourth-order valence-corrected chi connectivity index (χ4v) is 2.03. The summed E-state index contributed by atoms with van der Waals surface area (Å²) in [4.78, 5) is 0. The topological polar surface area (TPSA) is 24.7 Å². The first-order chi connectivity index (χ1) is 7.59. The predicted molar refractivity (Wildman–Crippen MR) is 69.5 cm³/mol. The van der Waals surface area contributed by atoms with Gasteiger partial charge in [0, 0.05) is 0 Å². The third kappa shape index (κ3) is 4.91. The fraction of sp³-hybridized carbons (Fsp3) is 0.857. The highest BCUT2D eigenvalue weighted by Gasteiger charge is 2.17. The van der Waals surface area contributed by atoms with Crippen molar-refractivity contribution in [3.05, 3.63) is 11.8 Å². The third-order valence-electron chi connectivity index (χ3n) is 3.12. The molecule has 1 rings (SSSR count). The summed E-state index contributed by atoms with van der Waals surface area (Å²) in [6.07, 6.45) is 8.21. The van der Waals surface area contributed by atoms with Crippen LogP contribution in [0.25, 0.3) is 0 Å². The summed E-state index contributed by atoms with van der Waals surface area (Å²) >= 11 is 0. The summed E-state index contributed by atoms with van der Waals surface area (Å²) in [6, 6.07) is 0.398. The van der Waals surface area contributed by atoms with Crippen LogP contribution in [-0.2, 0) is 0 Å². The lowest BCUT2D eigenvalue weighted by atomic mass is 9.94. The molecule has 0 aromatic heterocycles. The molecule has 0 N–H and O–H groups in total. The van der Waals surface area contributed by atoms with Gasteiger partial charge in [0.15, 0.2) is 0 Å². The van der Waals surface area contributed by atoms with Crippen LogP contribution < -0.4 is 0 Å². The zero-order valence-corrected chi connectivity index (χ0v) is 11.2. The van der Waals surface area contributed by atoms with Crippen LogP contribution >= 0.6 is 0 Å². The van der Waals surface area contributed by atoms with Crippen molar-refractivity contribution in [3.63, 3.8) is 0 Å². The van der Waals surface area contributed by atoms with Gasteiger partial charge in [-0.2, -0.15) is 10.2 Å². The Bertz CT molecular complexity index is 251. The summed E-state index contributed by atoms with van der Waals surface area (Å²) < 4.78 is 0. The van der Waals surface area contributed by atoms with Gasteiger partial charge in [0.2, 0.25) is 0 Å². The van der Waals surface area contributed by atoms with E-state index in [9.17, 15) is 0 Å². The molecule has 0 aliphatic carbocycles. The molecular weight excluding hydrogens is 196 g/mol. The van der Waals surface area contributed by atoms with Crippen LogP contribution in [0, 0.1) is 11.8 Å². The number of hydrogen-bond acceptors (Lipinski definition) is 2. The molecule has 0 radical (unpaired) electrons. The molecular formula is C14H26N2. The predicted octanol–water partition coefficient (Wildman–Crippen LogP) is 4.97. The minimum Gasteiger partial charge on any atom is -0.181 e. The van der Waals surface area contributed by atoms with Gasteiger partial charge in [0.1, 0.15) is 0 Å². The van der Waals surface area contributed by atoms with Crippen molar-refractivity contribution in [1.82, 2.24) is 0 Å². The second kappa shape index (κ2) is 6.82. The first-order valence-electron chi connectivity index (χ1n) is 6.68. The molecule has 1 aliphatic rings. The van der Waals surface area contributed by atoms with Gasteiger partial charge in [-0.05, 0) is 43.1 Å². The van der Waals surface area contributed by atoms with Crippen LogP contribution in [0.3, 0.4) is 0 Å². The highest BCUT2D eigenvalue weighted by atomic mass is 15.1. The van der Waals surface area contributed by atoms with E-state index >= 15 is 0 Å². The van der Waals surface area contributed by atoms with Gasteiger partial charge in [-0.1, -0.05) is 34.1 Å². The third-order valence-corrected chi connectivity index (χ3v) is 3.12. The second-order valence-corrected chi connectivity index (χ2v) is 5.71. The number of azo groups is 1. The van der Waals surface area contributed by atoms with Crippen molar-refractivity contribution in [2.24, 2.45) is 22.1 Å². The van der Waals surface area contributed by atoms with Gasteiger partial charge in [-0.3, -0.25) is 0 Å². The van der Waals surface area contributed by atoms with Crippen LogP contribution in [0.5, 0.6) is 0 Å². The average Bonchev–Trinajstić information content (AvgIpc) is 2.62. The molecule has 0 saturated carbocycles. The smallest absolute Gasteiger partial charge is 0.0940 e. The van der Waals surface area contributed by atoms with Crippen molar-refractivity contribution in [2.75, 3.05) is 0 Å². The Morgan fingerprint density at radius 1 is 1.12 bits per heavy atom. The van der Waals surface area contributed by atoms with Crippen molar-refractivity contribution >= 4 is 0 Å². The molecule has 0 aromatic carbocycles. The first kappa shape index (κ1) is 13.4. The minimum absolute atomic E-state index is 0.398. The van der Waals surface area contributed by atoms with Crippen LogP contribution in [0.2, 0.25) is 0 Å². The molecule has 2 nitrogen and oxygen atoms in total. The molecule has 0 aromatic rings. The Morgan fingerprint density at radius 2 is 1.81 bits per heavy atom. The van der Waals surface area contributed by atoms with Crippen molar-refractivity contribution in [3.8, 4) is 0 Å². The normalized spacial score (nSPS) is 19.9. The molecule has 1 atom stereocenters. The minimum atomic E-state index is 0.398. The van der Waals surface area contributed by atoms with E-state index in [0.717, 1.165) is 11.8 Å². The number of hydrogen-bond donors (Lipinski definition) is 0. The Labute approximate surface area is 100 Å². The molecule has 0 fully saturated rings. The van der Waals surface area contributed by atoms with E-state index in [2.05, 4.69) is 37.9 Å². The van der Waals surface area contributed by atoms with E-state index in [4.69, 9.17) is 0 Å². The zero-order chi connectivity index (χ0) is 12.0. The Balaban J connectivity index is 2.25. The van der Waals surface area contributed by atoms with Crippen molar-refractivity contribution < 1.29 is 0 Å². The van der Waals surface area contributed by atoms with E-state index in [1.165, 1.54) is 37.7 Å². The molecule has 1 unspecified atom stereocenters. The Morgan fingerprint density at radius 3 is 2.44 bits per heavy atom. The number of nitrogens with zero attached hydrogens (tertiary/aromatic N) is 2. The van der Waals surface area contributed by atoms with E-state index < -0.39 is 0 Å². The van der Waals surface area contributed by atoms with Gasteiger partial charge in [-0.25, -0.2) is 0 Å². The van der Waals surface area contributed by atoms with E-state index in [-0.39, 0.29) is 0 Å². The van der Waals surface area contributed by atoms with Gasteiger partial charge < -0.3 is 0 Å². The summed E-state index contributed by atoms with van der Waals surface area (Å²) in [5.74, 6) is 1.58. The van der Waals surface area contributed by atoms with Crippen LogP contribution in [0.4, 0.5) is 0 Å². The van der Waals surface area contributed by atoms with E-state index in [1.807, 2.05) is 6.20 Å². The van der Waals surface area contributed by atoms with E-state index in [1.54, 1.807) is 0 Å². The molecule has 0 spiro atoms. The van der Waals surface area contributed by atoms with Crippen LogP contribution in [-0.4, -0.2) is 6.04 Å². The maximum absolute atomic E-state index is 4.32. The highest BCUT2D eigenvalue weighted by molar-refractivity contribution is 5.13. The van der Waals surface area contributed by atoms with E-state index in [0.29, 0.717) is 6.04 Å². The number of rotatable bonds is 7. The summed E-state index contributed by atoms with van der Waals surface area (Å²) in [5.41, 5.74) is 1.46. The average molecular weight is 222 g/mol. The molecule has 0 saturated heterocycles. The quantitative estimate of drug-likeness (QED) is 0.581. The second-order valence-electron chi connectivity index (χ2n) is 5.71. The molecule has 0 amide bonds. The van der Waals surface area contributed by atoms with Gasteiger partial charge in [-0.15, -0.1) is 0 Å². The summed E-state index contributed by atoms with van der Waals surface area (Å²) in [5, 5.41) is 8.40. The van der Waals surface area contributed by atoms with Gasteiger partial charge >= 0.3 is 0 Å². The zero-order valence-electron chi connectivity index (χ0n) is 11.2. The van der Waals surface area contributed by atoms with Gasteiger partial charge in [0.25, 0.3) is 0 Å². The van der Waals surface area contributed by atoms with Crippen molar-refractivity contribution in [2.45, 2.75) is 65.8 Å². The summed E-state index contributed by atoms with van der Waals surface area (Å²) in [6.45, 7) is 9.12. The van der Waals surface area contributed by atoms with Crippen LogP contribution in [0.15, 0.2) is 22.0 Å². The molecule has 1 heterocycles. The molecule has 0 bridgehead atoms. The lowest BCUT2D eigenvalue weighted by Gasteiger charge is -2.13. The first-order valence-corrected chi connectivity index (χ1v) is 6.68. The fourth-order valence-electron chi connectivity index (χ4n) is 2.03. The monoisotopic (exact) mass is 222 g/mol. The van der Waals surface area contributed by atoms with Crippen molar-refractivity contribution in [1.29, 1.82) is 0 Å². The Kier molecular flexibility index (Phi) is 5.72. The molecule has 92 valence electrons. The lowest BCUT2D eigenvalue weighted by molar-refractivity contribution is 0.505. The maximum atomic E-state index is 4.32. The summed E-state index contributed by atoms with van der Waals surface area (Å²) in [7, 11) is 0. The molecule has 2 heteroatoms.